The lowest BCUT2D eigenvalue weighted by atomic mass is 10.1. The second-order valence-corrected chi connectivity index (χ2v) is 7.76. The first-order valence-electron chi connectivity index (χ1n) is 9.39. The highest BCUT2D eigenvalue weighted by atomic mass is 32.1. The summed E-state index contributed by atoms with van der Waals surface area (Å²) in [4.78, 5) is 17.7. The first-order chi connectivity index (χ1) is 13.5. The van der Waals surface area contributed by atoms with Gasteiger partial charge in [-0.05, 0) is 61.7 Å². The largest absolute Gasteiger partial charge is 0.494 e. The quantitative estimate of drug-likeness (QED) is 0.444. The zero-order chi connectivity index (χ0) is 20.1. The molecular weight excluding hydrogens is 368 g/mol. The second kappa shape index (κ2) is 8.90. The number of carbonyl (C=O) groups excluding carboxylic acids is 1. The highest BCUT2D eigenvalue weighted by Gasteiger charge is 2.11. The number of aryl methyl sites for hydroxylation is 2. The van der Waals surface area contributed by atoms with Gasteiger partial charge in [-0.15, -0.1) is 6.42 Å². The molecule has 0 aliphatic rings. The number of nitrogens with zero attached hydrogens (tertiary/aromatic N) is 2. The molecule has 0 aliphatic carbocycles. The van der Waals surface area contributed by atoms with Crippen molar-refractivity contribution in [1.29, 1.82) is 0 Å². The molecule has 0 N–H and O–H groups in total. The molecule has 1 heterocycles. The van der Waals surface area contributed by atoms with Crippen molar-refractivity contribution >= 4 is 27.5 Å². The van der Waals surface area contributed by atoms with Gasteiger partial charge in [0.1, 0.15) is 5.75 Å². The number of carbonyl (C=O) groups is 1. The molecule has 0 atom stereocenters. The maximum absolute atomic E-state index is 12.7. The average molecular weight is 393 g/mol. The molecular formula is C23H24N2O2S. The summed E-state index contributed by atoms with van der Waals surface area (Å²) < 4.78 is 8.67. The maximum Gasteiger partial charge on any atom is 0.279 e. The Kier molecular flexibility index (Phi) is 6.33. The summed E-state index contributed by atoms with van der Waals surface area (Å²) in [5.74, 6) is 3.15. The monoisotopic (exact) mass is 392 g/mol. The first kappa shape index (κ1) is 19.9. The molecule has 1 amide bonds. The molecule has 0 fully saturated rings. The van der Waals surface area contributed by atoms with Gasteiger partial charge in [0, 0.05) is 5.56 Å². The van der Waals surface area contributed by atoms with Crippen LogP contribution in [0.25, 0.3) is 10.2 Å². The van der Waals surface area contributed by atoms with E-state index in [1.807, 2.05) is 16.7 Å². The van der Waals surface area contributed by atoms with Gasteiger partial charge in [-0.1, -0.05) is 36.7 Å². The second-order valence-electron chi connectivity index (χ2n) is 6.75. The van der Waals surface area contributed by atoms with Crippen LogP contribution in [0.15, 0.2) is 41.4 Å². The Morgan fingerprint density at radius 3 is 2.68 bits per heavy atom. The third-order valence-corrected chi connectivity index (χ3v) is 5.45. The van der Waals surface area contributed by atoms with Gasteiger partial charge in [0.05, 0.1) is 23.4 Å². The van der Waals surface area contributed by atoms with E-state index in [4.69, 9.17) is 11.2 Å². The van der Waals surface area contributed by atoms with Gasteiger partial charge in [-0.3, -0.25) is 4.79 Å². The third kappa shape index (κ3) is 4.35. The average Bonchev–Trinajstić information content (AvgIpc) is 3.00. The number of benzene rings is 2. The van der Waals surface area contributed by atoms with Crippen molar-refractivity contribution in [2.45, 2.75) is 40.2 Å². The number of ether oxygens (including phenoxy) is 1. The summed E-state index contributed by atoms with van der Waals surface area (Å²) in [7, 11) is 0. The van der Waals surface area contributed by atoms with Gasteiger partial charge >= 0.3 is 0 Å². The smallest absolute Gasteiger partial charge is 0.279 e. The number of thiazole rings is 1. The molecule has 28 heavy (non-hydrogen) atoms. The summed E-state index contributed by atoms with van der Waals surface area (Å²) >= 11 is 1.49. The molecule has 1 aromatic heterocycles. The maximum atomic E-state index is 12.7. The Hall–Kier alpha value is -2.84. The van der Waals surface area contributed by atoms with E-state index in [-0.39, 0.29) is 5.91 Å². The number of unbranched alkanes of at least 4 members (excludes halogenated alkanes) is 1. The minimum absolute atomic E-state index is 0.285. The van der Waals surface area contributed by atoms with Crippen LogP contribution < -0.4 is 9.54 Å². The van der Waals surface area contributed by atoms with Crippen LogP contribution in [0.2, 0.25) is 0 Å². The fourth-order valence-corrected chi connectivity index (χ4v) is 4.30. The fourth-order valence-electron chi connectivity index (χ4n) is 3.09. The van der Waals surface area contributed by atoms with E-state index in [2.05, 4.69) is 43.8 Å². The molecule has 4 nitrogen and oxygen atoms in total. The summed E-state index contributed by atoms with van der Waals surface area (Å²) in [6.07, 6.45) is 7.66. The third-order valence-electron chi connectivity index (χ3n) is 4.43. The molecule has 5 heteroatoms. The van der Waals surface area contributed by atoms with Gasteiger partial charge < -0.3 is 9.30 Å². The predicted octanol–water partition coefficient (Wildman–Crippen LogP) is 4.87. The van der Waals surface area contributed by atoms with Crippen LogP contribution in [-0.4, -0.2) is 17.1 Å². The number of terminal acetylenes is 1. The molecule has 0 bridgehead atoms. The van der Waals surface area contributed by atoms with Gasteiger partial charge in [0.2, 0.25) is 0 Å². The Morgan fingerprint density at radius 1 is 1.25 bits per heavy atom. The van der Waals surface area contributed by atoms with Crippen molar-refractivity contribution < 1.29 is 9.53 Å². The van der Waals surface area contributed by atoms with Gasteiger partial charge in [-0.2, -0.15) is 4.99 Å². The van der Waals surface area contributed by atoms with Crippen molar-refractivity contribution in [3.05, 3.63) is 57.9 Å². The van der Waals surface area contributed by atoms with Gasteiger partial charge in [0.15, 0.2) is 4.80 Å². The molecule has 3 rings (SSSR count). The van der Waals surface area contributed by atoms with Crippen molar-refractivity contribution in [2.75, 3.05) is 6.61 Å². The predicted molar refractivity (Wildman–Crippen MR) is 115 cm³/mol. The van der Waals surface area contributed by atoms with Crippen LogP contribution in [0, 0.1) is 26.2 Å². The first-order valence-corrected chi connectivity index (χ1v) is 10.2. The fraction of sp³-hybridized carbons (Fsp3) is 0.304. The van der Waals surface area contributed by atoms with Crippen LogP contribution in [0.3, 0.4) is 0 Å². The normalized spacial score (nSPS) is 11.6. The minimum atomic E-state index is -0.285. The number of aromatic nitrogens is 1. The molecule has 0 saturated carbocycles. The molecule has 3 aromatic rings. The minimum Gasteiger partial charge on any atom is -0.494 e. The lowest BCUT2D eigenvalue weighted by molar-refractivity contribution is 0.0998. The van der Waals surface area contributed by atoms with Crippen LogP contribution in [-0.2, 0) is 6.54 Å². The van der Waals surface area contributed by atoms with Crippen LogP contribution in [0.5, 0.6) is 5.75 Å². The standard InChI is InChI=1S/C23H24N2O2S/c1-5-7-13-27-19-10-8-18(9-11-19)22(26)24-23-25(12-6-2)21-17(4)14-16(3)15-20(21)28-23/h2,8-11,14-15H,5,7,12-13H2,1,3-4H3. The van der Waals surface area contributed by atoms with E-state index in [0.717, 1.165) is 34.4 Å². The van der Waals surface area contributed by atoms with Crippen molar-refractivity contribution in [2.24, 2.45) is 4.99 Å². The summed E-state index contributed by atoms with van der Waals surface area (Å²) in [6.45, 7) is 7.29. The van der Waals surface area contributed by atoms with Crippen LogP contribution >= 0.6 is 11.3 Å². The molecule has 0 unspecified atom stereocenters. The Morgan fingerprint density at radius 2 is 2.00 bits per heavy atom. The number of fused-ring (bicyclic) bond motifs is 1. The molecule has 2 aromatic carbocycles. The number of hydrogen-bond acceptors (Lipinski definition) is 3. The zero-order valence-electron chi connectivity index (χ0n) is 16.5. The summed E-state index contributed by atoms with van der Waals surface area (Å²) in [6, 6.07) is 11.3. The molecule has 0 spiro atoms. The van der Waals surface area contributed by atoms with E-state index < -0.39 is 0 Å². The van der Waals surface area contributed by atoms with E-state index in [1.54, 1.807) is 12.1 Å². The lowest BCUT2D eigenvalue weighted by Gasteiger charge is -2.05. The van der Waals surface area contributed by atoms with E-state index in [9.17, 15) is 4.79 Å². The summed E-state index contributed by atoms with van der Waals surface area (Å²) in [5, 5.41) is 0. The van der Waals surface area contributed by atoms with Crippen molar-refractivity contribution in [3.63, 3.8) is 0 Å². The lowest BCUT2D eigenvalue weighted by Crippen LogP contribution is -2.17. The number of amides is 1. The van der Waals surface area contributed by atoms with Gasteiger partial charge in [0.25, 0.3) is 5.91 Å². The van der Waals surface area contributed by atoms with Gasteiger partial charge in [-0.25, -0.2) is 0 Å². The van der Waals surface area contributed by atoms with Crippen molar-refractivity contribution in [3.8, 4) is 18.1 Å². The van der Waals surface area contributed by atoms with Crippen LogP contribution in [0.1, 0.15) is 41.3 Å². The Bertz CT molecular complexity index is 1100. The van der Waals surface area contributed by atoms with E-state index in [0.29, 0.717) is 23.5 Å². The van der Waals surface area contributed by atoms with E-state index >= 15 is 0 Å². The number of rotatable bonds is 6. The molecule has 0 saturated heterocycles. The van der Waals surface area contributed by atoms with Crippen LogP contribution in [0.4, 0.5) is 0 Å². The molecule has 144 valence electrons. The topological polar surface area (TPSA) is 43.6 Å². The zero-order valence-corrected chi connectivity index (χ0v) is 17.3. The Labute approximate surface area is 169 Å². The van der Waals surface area contributed by atoms with Crippen molar-refractivity contribution in [1.82, 2.24) is 4.57 Å². The Balaban J connectivity index is 1.95. The highest BCUT2D eigenvalue weighted by molar-refractivity contribution is 7.16. The summed E-state index contributed by atoms with van der Waals surface area (Å²) in [5.41, 5.74) is 3.87. The molecule has 0 radical (unpaired) electrons. The molecule has 0 aliphatic heterocycles. The SMILES string of the molecule is C#CCn1c(=NC(=O)c2ccc(OCCCC)cc2)sc2cc(C)cc(C)c21. The number of hydrogen-bond donors (Lipinski definition) is 0. The van der Waals surface area contributed by atoms with E-state index in [1.165, 1.54) is 16.9 Å². The highest BCUT2D eigenvalue weighted by Crippen LogP contribution is 2.23.